The van der Waals surface area contributed by atoms with E-state index in [1.807, 2.05) is 31.2 Å². The van der Waals surface area contributed by atoms with Crippen molar-refractivity contribution < 1.29 is 31.1 Å². The van der Waals surface area contributed by atoms with Crippen LogP contribution in [0.4, 0.5) is 32.2 Å². The molecule has 0 radical (unpaired) electrons. The Morgan fingerprint density at radius 3 is 2.30 bits per heavy atom. The number of fused-ring (bicyclic) bond motifs is 1. The lowest BCUT2D eigenvalue weighted by atomic mass is 10.1. The lowest BCUT2D eigenvalue weighted by molar-refractivity contribution is -0.291. The van der Waals surface area contributed by atoms with E-state index in [9.17, 15) is 31.1 Å². The van der Waals surface area contributed by atoms with Gasteiger partial charge in [0.25, 0.3) is 5.91 Å². The van der Waals surface area contributed by atoms with E-state index >= 15 is 0 Å². The summed E-state index contributed by atoms with van der Waals surface area (Å²) in [5.74, 6) is -6.83. The van der Waals surface area contributed by atoms with Crippen molar-refractivity contribution in [3.8, 4) is 11.3 Å². The van der Waals surface area contributed by atoms with Gasteiger partial charge in [-0.25, -0.2) is 13.9 Å². The summed E-state index contributed by atoms with van der Waals surface area (Å²) in [5.41, 5.74) is -0.680. The summed E-state index contributed by atoms with van der Waals surface area (Å²) in [6.07, 6.45) is -4.36. The van der Waals surface area contributed by atoms with Crippen molar-refractivity contribution in [2.24, 2.45) is 0 Å². The van der Waals surface area contributed by atoms with Crippen LogP contribution in [-0.2, 0) is 12.5 Å². The maximum absolute atomic E-state index is 14.6. The maximum Gasteiger partial charge on any atom is 0.459 e. The second-order valence-electron chi connectivity index (χ2n) is 8.87. The molecule has 0 saturated carbocycles. The van der Waals surface area contributed by atoms with Crippen LogP contribution >= 0.6 is 15.9 Å². The van der Waals surface area contributed by atoms with Crippen molar-refractivity contribution in [3.63, 3.8) is 0 Å². The Morgan fingerprint density at radius 2 is 1.65 bits per heavy atom. The third-order valence-corrected chi connectivity index (χ3v) is 6.47. The molecule has 0 saturated heterocycles. The predicted molar refractivity (Wildman–Crippen MR) is 136 cm³/mol. The Balaban J connectivity index is 1.49. The Labute approximate surface area is 230 Å². The zero-order chi connectivity index (χ0) is 28.8. The summed E-state index contributed by atoms with van der Waals surface area (Å²) in [4.78, 5) is 17.0. The SMILES string of the molecule is Cc1ccc(Cn2cc(Br)c(NC(=O)c3cc4nc(-c5ccc(F)cc5)cc(C(F)(F)C(F)(F)F)n4n3)n2)cc1. The Morgan fingerprint density at radius 1 is 0.975 bits per heavy atom. The van der Waals surface area contributed by atoms with Gasteiger partial charge in [-0.1, -0.05) is 29.8 Å². The summed E-state index contributed by atoms with van der Waals surface area (Å²) in [5, 5.41) is 10.5. The molecule has 3 heterocycles. The molecule has 0 spiro atoms. The highest BCUT2D eigenvalue weighted by molar-refractivity contribution is 9.10. The molecule has 0 atom stereocenters. The number of carbonyl (C=O) groups is 1. The van der Waals surface area contributed by atoms with Gasteiger partial charge in [-0.2, -0.15) is 32.1 Å². The number of aryl methyl sites for hydroxylation is 1. The number of rotatable bonds is 6. The van der Waals surface area contributed by atoms with Crippen molar-refractivity contribution >= 4 is 33.3 Å². The lowest BCUT2D eigenvalue weighted by Crippen LogP contribution is -2.36. The Hall–Kier alpha value is -4.20. The quantitative estimate of drug-likeness (QED) is 0.212. The van der Waals surface area contributed by atoms with Gasteiger partial charge in [0.2, 0.25) is 0 Å². The average molecular weight is 623 g/mol. The molecule has 2 aromatic carbocycles. The molecule has 3 aromatic heterocycles. The number of hydrogen-bond acceptors (Lipinski definition) is 4. The van der Waals surface area contributed by atoms with Gasteiger partial charge in [-0.15, -0.1) is 0 Å². The monoisotopic (exact) mass is 622 g/mol. The van der Waals surface area contributed by atoms with Crippen LogP contribution < -0.4 is 5.32 Å². The second kappa shape index (κ2) is 10.1. The first kappa shape index (κ1) is 27.4. The van der Waals surface area contributed by atoms with E-state index in [-0.39, 0.29) is 21.6 Å². The minimum atomic E-state index is -5.97. The molecule has 0 aliphatic rings. The number of carbonyl (C=O) groups excluding carboxylic acids is 1. The number of nitrogens with one attached hydrogen (secondary N) is 1. The molecule has 5 rings (SSSR count). The van der Waals surface area contributed by atoms with E-state index in [0.29, 0.717) is 17.1 Å². The van der Waals surface area contributed by atoms with Gasteiger partial charge in [0.15, 0.2) is 17.2 Å². The standard InChI is InChI=1S/C26H17BrF6N6O/c1-14-2-4-15(5-3-14)12-38-13-18(27)23(37-38)35-24(40)20-11-22-34-19(16-6-8-17(28)9-7-16)10-21(39(22)36-20)25(29,30)26(31,32)33/h2-11,13H,12H2,1H3,(H,35,37,40). The molecule has 1 N–H and O–H groups in total. The molecule has 7 nitrogen and oxygen atoms in total. The second-order valence-corrected chi connectivity index (χ2v) is 9.72. The fraction of sp³-hybridized carbons (Fsp3) is 0.154. The first-order valence-corrected chi connectivity index (χ1v) is 12.3. The largest absolute Gasteiger partial charge is 0.459 e. The topological polar surface area (TPSA) is 77.1 Å². The van der Waals surface area contributed by atoms with E-state index in [0.717, 1.165) is 29.3 Å². The molecule has 0 fully saturated rings. The molecule has 5 aromatic rings. The predicted octanol–water partition coefficient (Wildman–Crippen LogP) is 6.76. The van der Waals surface area contributed by atoms with Crippen LogP contribution in [-0.4, -0.2) is 36.5 Å². The fourth-order valence-corrected chi connectivity index (χ4v) is 4.25. The maximum atomic E-state index is 14.6. The van der Waals surface area contributed by atoms with Gasteiger partial charge >= 0.3 is 12.1 Å². The molecule has 206 valence electrons. The number of halogens is 7. The van der Waals surface area contributed by atoms with Gasteiger partial charge in [-0.3, -0.25) is 9.48 Å². The van der Waals surface area contributed by atoms with Crippen LogP contribution in [0.15, 0.2) is 71.3 Å². The highest BCUT2D eigenvalue weighted by Gasteiger charge is 2.60. The summed E-state index contributed by atoms with van der Waals surface area (Å²) < 4.78 is 84.8. The van der Waals surface area contributed by atoms with E-state index in [1.54, 1.807) is 10.9 Å². The van der Waals surface area contributed by atoms with E-state index in [1.165, 1.54) is 12.1 Å². The summed E-state index contributed by atoms with van der Waals surface area (Å²) >= 11 is 3.29. The fourth-order valence-electron chi connectivity index (χ4n) is 3.84. The number of alkyl halides is 5. The van der Waals surface area contributed by atoms with E-state index < -0.39 is 40.9 Å². The van der Waals surface area contributed by atoms with Crippen molar-refractivity contribution in [2.45, 2.75) is 25.6 Å². The van der Waals surface area contributed by atoms with Crippen LogP contribution in [0, 0.1) is 12.7 Å². The Kier molecular flexibility index (Phi) is 6.90. The number of amides is 1. The zero-order valence-corrected chi connectivity index (χ0v) is 21.9. The van der Waals surface area contributed by atoms with Crippen LogP contribution in [0.2, 0.25) is 0 Å². The number of benzene rings is 2. The molecule has 0 unspecified atom stereocenters. The van der Waals surface area contributed by atoms with Gasteiger partial charge in [0.05, 0.1) is 16.7 Å². The zero-order valence-electron chi connectivity index (χ0n) is 20.3. The van der Waals surface area contributed by atoms with Crippen molar-refractivity contribution in [2.75, 3.05) is 5.32 Å². The molecule has 0 aliphatic carbocycles. The van der Waals surface area contributed by atoms with Crippen LogP contribution in [0.25, 0.3) is 16.9 Å². The molecule has 0 bridgehead atoms. The van der Waals surface area contributed by atoms with Crippen LogP contribution in [0.5, 0.6) is 0 Å². The summed E-state index contributed by atoms with van der Waals surface area (Å²) in [6, 6.07) is 13.6. The van der Waals surface area contributed by atoms with Gasteiger partial charge < -0.3 is 5.32 Å². The molecule has 1 amide bonds. The smallest absolute Gasteiger partial charge is 0.303 e. The van der Waals surface area contributed by atoms with E-state index in [4.69, 9.17) is 0 Å². The van der Waals surface area contributed by atoms with Crippen LogP contribution in [0.1, 0.15) is 27.3 Å². The van der Waals surface area contributed by atoms with E-state index in [2.05, 4.69) is 36.4 Å². The number of anilines is 1. The van der Waals surface area contributed by atoms with Crippen LogP contribution in [0.3, 0.4) is 0 Å². The summed E-state index contributed by atoms with van der Waals surface area (Å²) in [6.45, 7) is 2.34. The highest BCUT2D eigenvalue weighted by atomic mass is 79.9. The third kappa shape index (κ3) is 5.30. The summed E-state index contributed by atoms with van der Waals surface area (Å²) in [7, 11) is 0. The number of nitrogens with zero attached hydrogens (tertiary/aromatic N) is 5. The first-order chi connectivity index (χ1) is 18.8. The Bertz CT molecular complexity index is 1710. The van der Waals surface area contributed by atoms with Crippen molar-refractivity contribution in [3.05, 3.63) is 99.7 Å². The molecule has 14 heteroatoms. The molecular weight excluding hydrogens is 606 g/mol. The highest BCUT2D eigenvalue weighted by Crippen LogP contribution is 2.44. The minimum Gasteiger partial charge on any atom is -0.303 e. The van der Waals surface area contributed by atoms with Gasteiger partial charge in [0.1, 0.15) is 11.5 Å². The molecule has 0 aliphatic heterocycles. The minimum absolute atomic E-state index is 0.0787. The molecular formula is C26H17BrF6N6O. The third-order valence-electron chi connectivity index (χ3n) is 5.89. The number of hydrogen-bond donors (Lipinski definition) is 1. The first-order valence-electron chi connectivity index (χ1n) is 11.5. The molecule has 40 heavy (non-hydrogen) atoms. The average Bonchev–Trinajstić information content (AvgIpc) is 3.47. The van der Waals surface area contributed by atoms with Gasteiger partial charge in [0, 0.05) is 17.8 Å². The van der Waals surface area contributed by atoms with Gasteiger partial charge in [-0.05, 0) is 58.7 Å². The normalized spacial score (nSPS) is 12.2. The number of aromatic nitrogens is 5. The van der Waals surface area contributed by atoms with Crippen molar-refractivity contribution in [1.82, 2.24) is 24.4 Å². The van der Waals surface area contributed by atoms with Crippen molar-refractivity contribution in [1.29, 1.82) is 0 Å². The lowest BCUT2D eigenvalue weighted by Gasteiger charge is -2.21.